The third-order valence-corrected chi connectivity index (χ3v) is 2.89. The second-order valence-electron chi connectivity index (χ2n) is 3.71. The number of allylic oxidation sites excluding steroid dienone is 6. The van der Waals surface area contributed by atoms with E-state index in [9.17, 15) is 5.11 Å². The van der Waals surface area contributed by atoms with Crippen LogP contribution in [0.15, 0.2) is 66.0 Å². The molecule has 0 bridgehead atoms. The van der Waals surface area contributed by atoms with Crippen molar-refractivity contribution in [3.05, 3.63) is 66.0 Å². The van der Waals surface area contributed by atoms with Crippen molar-refractivity contribution in [2.45, 2.75) is 19.3 Å². The Hall–Kier alpha value is -0.631. The van der Waals surface area contributed by atoms with Gasteiger partial charge in [-0.1, -0.05) is 40.2 Å². The predicted octanol–water partition coefficient (Wildman–Crippen LogP) is 3.70. The molecule has 1 nitrogen and oxygen atoms in total. The smallest absolute Gasteiger partial charge is 0.875 e. The van der Waals surface area contributed by atoms with E-state index < -0.39 is 0 Å². The number of hydrogen-bond acceptors (Lipinski definition) is 1. The summed E-state index contributed by atoms with van der Waals surface area (Å²) in [6.45, 7) is 0. The summed E-state index contributed by atoms with van der Waals surface area (Å²) in [6, 6.07) is 10.0. The first-order valence-electron chi connectivity index (χ1n) is 5.82. The monoisotopic (exact) mass is 348 g/mol. The Labute approximate surface area is 128 Å². The Morgan fingerprint density at radius 2 is 1.72 bits per heavy atom. The van der Waals surface area contributed by atoms with Gasteiger partial charge >= 0.3 is 17.1 Å². The normalized spacial score (nSPS) is 11.7. The SMILES string of the molecule is [Fe+2].[O-]C(CCCCBr)=C1C=CC=C1.c1cc[cH-]c1. The minimum Gasteiger partial charge on any atom is -0.875 e. The Bertz CT molecular complexity index is 346. The molecule has 0 spiro atoms. The first-order chi connectivity index (χ1) is 8.34. The van der Waals surface area contributed by atoms with Gasteiger partial charge in [-0.2, -0.15) is 18.2 Å². The van der Waals surface area contributed by atoms with E-state index >= 15 is 0 Å². The molecular formula is C15H17BrFeO. The van der Waals surface area contributed by atoms with Gasteiger partial charge in [-0.05, 0) is 24.8 Å². The van der Waals surface area contributed by atoms with Crippen molar-refractivity contribution in [1.82, 2.24) is 0 Å². The summed E-state index contributed by atoms with van der Waals surface area (Å²) >= 11 is 3.34. The fraction of sp³-hybridized carbons (Fsp3) is 0.267. The molecule has 0 heterocycles. The summed E-state index contributed by atoms with van der Waals surface area (Å²) in [5.41, 5.74) is 0.851. The molecule has 0 radical (unpaired) electrons. The molecule has 1 aliphatic rings. The Morgan fingerprint density at radius 1 is 1.11 bits per heavy atom. The molecule has 0 atom stereocenters. The van der Waals surface area contributed by atoms with Gasteiger partial charge < -0.3 is 5.11 Å². The van der Waals surface area contributed by atoms with Crippen molar-refractivity contribution in [3.8, 4) is 0 Å². The van der Waals surface area contributed by atoms with Gasteiger partial charge in [0.1, 0.15) is 0 Å². The summed E-state index contributed by atoms with van der Waals surface area (Å²) in [4.78, 5) is 0. The van der Waals surface area contributed by atoms with Gasteiger partial charge in [0.25, 0.3) is 0 Å². The summed E-state index contributed by atoms with van der Waals surface area (Å²) in [5.74, 6) is 0.265. The van der Waals surface area contributed by atoms with Crippen LogP contribution in [0.2, 0.25) is 0 Å². The molecule has 1 aromatic carbocycles. The van der Waals surface area contributed by atoms with Gasteiger partial charge in [0.15, 0.2) is 0 Å². The maximum atomic E-state index is 11.4. The second-order valence-corrected chi connectivity index (χ2v) is 4.50. The van der Waals surface area contributed by atoms with Crippen LogP contribution in [-0.4, -0.2) is 5.33 Å². The maximum Gasteiger partial charge on any atom is 2.00 e. The first-order valence-corrected chi connectivity index (χ1v) is 6.94. The molecule has 0 saturated carbocycles. The van der Waals surface area contributed by atoms with Crippen LogP contribution in [0.4, 0.5) is 0 Å². The predicted molar refractivity (Wildman–Crippen MR) is 75.0 cm³/mol. The van der Waals surface area contributed by atoms with Crippen LogP contribution in [-0.2, 0) is 17.1 Å². The molecule has 0 fully saturated rings. The molecule has 98 valence electrons. The Balaban J connectivity index is 0.000000405. The minimum atomic E-state index is 0. The van der Waals surface area contributed by atoms with Crippen LogP contribution in [0.5, 0.6) is 0 Å². The van der Waals surface area contributed by atoms with Gasteiger partial charge in [-0.25, -0.2) is 12.1 Å². The van der Waals surface area contributed by atoms with Gasteiger partial charge in [0.2, 0.25) is 0 Å². The van der Waals surface area contributed by atoms with Crippen LogP contribution < -0.4 is 5.11 Å². The van der Waals surface area contributed by atoms with Crippen LogP contribution in [0.1, 0.15) is 19.3 Å². The molecule has 0 amide bonds. The van der Waals surface area contributed by atoms with Gasteiger partial charge in [-0.3, -0.25) is 0 Å². The van der Waals surface area contributed by atoms with Crippen molar-refractivity contribution in [2.75, 3.05) is 5.33 Å². The van der Waals surface area contributed by atoms with Crippen LogP contribution in [0, 0.1) is 0 Å². The Kier molecular flexibility index (Phi) is 11.1. The average Bonchev–Trinajstić information content (AvgIpc) is 3.05. The second kappa shape index (κ2) is 11.5. The van der Waals surface area contributed by atoms with E-state index in [0.29, 0.717) is 6.42 Å². The fourth-order valence-corrected chi connectivity index (χ4v) is 1.80. The summed E-state index contributed by atoms with van der Waals surface area (Å²) in [5, 5.41) is 12.4. The van der Waals surface area contributed by atoms with Crippen molar-refractivity contribution >= 4 is 15.9 Å². The van der Waals surface area contributed by atoms with E-state index in [1.54, 1.807) is 0 Å². The third-order valence-electron chi connectivity index (χ3n) is 2.33. The quantitative estimate of drug-likeness (QED) is 0.267. The topological polar surface area (TPSA) is 23.1 Å². The summed E-state index contributed by atoms with van der Waals surface area (Å²) < 4.78 is 0. The molecule has 0 aliphatic heterocycles. The molecule has 1 aliphatic carbocycles. The van der Waals surface area contributed by atoms with Crippen LogP contribution >= 0.6 is 15.9 Å². The van der Waals surface area contributed by atoms with Crippen molar-refractivity contribution in [3.63, 3.8) is 0 Å². The zero-order valence-electron chi connectivity index (χ0n) is 10.2. The molecule has 3 heteroatoms. The maximum absolute atomic E-state index is 11.4. The molecular weight excluding hydrogens is 332 g/mol. The zero-order valence-corrected chi connectivity index (χ0v) is 12.9. The van der Waals surface area contributed by atoms with E-state index in [1.165, 1.54) is 0 Å². The van der Waals surface area contributed by atoms with Crippen molar-refractivity contribution < 1.29 is 22.2 Å². The standard InChI is InChI=1S/C10H13BrO.C5H5.Fe/c11-8-4-3-7-10(12)9-5-1-2-6-9;1-2-4-5-3-1;/h1-2,5-6,12H,3-4,7-8H2;1-5H;/q;-1;+2/p-1. The number of rotatable bonds is 4. The van der Waals surface area contributed by atoms with Crippen LogP contribution in [0.25, 0.3) is 0 Å². The molecule has 2 rings (SSSR count). The van der Waals surface area contributed by atoms with E-state index in [2.05, 4.69) is 15.9 Å². The van der Waals surface area contributed by atoms with E-state index in [0.717, 1.165) is 23.7 Å². The molecule has 0 aromatic heterocycles. The zero-order chi connectivity index (χ0) is 12.3. The van der Waals surface area contributed by atoms with Crippen molar-refractivity contribution in [2.24, 2.45) is 0 Å². The molecule has 18 heavy (non-hydrogen) atoms. The molecule has 0 unspecified atom stereocenters. The number of hydrogen-bond donors (Lipinski definition) is 0. The van der Waals surface area contributed by atoms with E-state index in [-0.39, 0.29) is 22.8 Å². The number of halogens is 1. The summed E-state index contributed by atoms with van der Waals surface area (Å²) in [6.07, 6.45) is 10.3. The van der Waals surface area contributed by atoms with Crippen molar-refractivity contribution in [1.29, 1.82) is 0 Å². The number of alkyl halides is 1. The largest absolute Gasteiger partial charge is 2.00 e. The first kappa shape index (κ1) is 17.4. The van der Waals surface area contributed by atoms with E-state index in [1.807, 2.05) is 54.6 Å². The third kappa shape index (κ3) is 7.65. The van der Waals surface area contributed by atoms with Gasteiger partial charge in [0, 0.05) is 5.33 Å². The van der Waals surface area contributed by atoms with Crippen LogP contribution in [0.3, 0.4) is 0 Å². The van der Waals surface area contributed by atoms with Gasteiger partial charge in [-0.15, -0.1) is 5.76 Å². The minimum absolute atomic E-state index is 0. The molecule has 0 saturated heterocycles. The Morgan fingerprint density at radius 3 is 2.17 bits per heavy atom. The number of unbranched alkanes of at least 4 members (excludes halogenated alkanes) is 1. The summed E-state index contributed by atoms with van der Waals surface area (Å²) in [7, 11) is 0. The fourth-order valence-electron chi connectivity index (χ4n) is 1.41. The molecule has 0 N–H and O–H groups in total. The molecule has 1 aromatic rings. The van der Waals surface area contributed by atoms with E-state index in [4.69, 9.17) is 0 Å². The van der Waals surface area contributed by atoms with Gasteiger partial charge in [0.05, 0.1) is 0 Å². The average molecular weight is 349 g/mol.